The van der Waals surface area contributed by atoms with Crippen LogP contribution < -0.4 is 0 Å². The lowest BCUT2D eigenvalue weighted by Gasteiger charge is -2.20. The van der Waals surface area contributed by atoms with Crippen LogP contribution in [0.5, 0.6) is 0 Å². The highest BCUT2D eigenvalue weighted by atomic mass is 32.2. The van der Waals surface area contributed by atoms with Crippen molar-refractivity contribution in [1.29, 1.82) is 0 Å². The van der Waals surface area contributed by atoms with Gasteiger partial charge >= 0.3 is 0 Å². The third-order valence-corrected chi connectivity index (χ3v) is 3.76. The van der Waals surface area contributed by atoms with Crippen molar-refractivity contribution < 1.29 is 13.5 Å². The van der Waals surface area contributed by atoms with E-state index in [0.29, 0.717) is 0 Å². The predicted octanol–water partition coefficient (Wildman–Crippen LogP) is 0.0372. The molecule has 0 fully saturated rings. The maximum Gasteiger partial charge on any atom is 0.216 e. The molecule has 0 heterocycles. The molecule has 4 nitrogen and oxygen atoms in total. The number of likely N-dealkylation sites (N-methyl/N-ethyl adjacent to an activating group) is 1. The molecule has 1 unspecified atom stereocenters. The summed E-state index contributed by atoms with van der Waals surface area (Å²) >= 11 is 0. The van der Waals surface area contributed by atoms with E-state index < -0.39 is 21.4 Å². The van der Waals surface area contributed by atoms with Crippen molar-refractivity contribution in [2.75, 3.05) is 13.6 Å². The zero-order valence-electron chi connectivity index (χ0n) is 7.98. The molecular formula is C7H17NO3S. The van der Waals surface area contributed by atoms with Crippen molar-refractivity contribution >= 4 is 10.0 Å². The Bertz CT molecular complexity index is 221. The van der Waals surface area contributed by atoms with Gasteiger partial charge in [-0.25, -0.2) is 12.7 Å². The third-order valence-electron chi connectivity index (χ3n) is 1.55. The zero-order chi connectivity index (χ0) is 9.94. The third kappa shape index (κ3) is 3.08. The SMILES string of the molecule is CC(O)CN(C)S(=O)(=O)C(C)C. The molecule has 0 aliphatic carbocycles. The van der Waals surface area contributed by atoms with Gasteiger partial charge in [0.05, 0.1) is 11.4 Å². The van der Waals surface area contributed by atoms with Crippen LogP contribution in [-0.4, -0.2) is 42.8 Å². The van der Waals surface area contributed by atoms with Gasteiger partial charge in [0.25, 0.3) is 0 Å². The van der Waals surface area contributed by atoms with Crippen LogP contribution in [0.3, 0.4) is 0 Å². The summed E-state index contributed by atoms with van der Waals surface area (Å²) < 4.78 is 23.9. The topological polar surface area (TPSA) is 57.6 Å². The molecule has 0 aliphatic heterocycles. The predicted molar refractivity (Wildman–Crippen MR) is 48.4 cm³/mol. The van der Waals surface area contributed by atoms with Gasteiger partial charge in [-0.3, -0.25) is 0 Å². The molecule has 74 valence electrons. The van der Waals surface area contributed by atoms with Crippen molar-refractivity contribution in [3.05, 3.63) is 0 Å². The molecule has 0 radical (unpaired) electrons. The summed E-state index contributed by atoms with van der Waals surface area (Å²) in [5.74, 6) is 0. The Morgan fingerprint density at radius 2 is 1.75 bits per heavy atom. The fraction of sp³-hybridized carbons (Fsp3) is 1.00. The lowest BCUT2D eigenvalue weighted by molar-refractivity contribution is 0.171. The highest BCUT2D eigenvalue weighted by molar-refractivity contribution is 7.89. The standard InChI is InChI=1S/C7H17NO3S/c1-6(2)12(10,11)8(4)5-7(3)9/h6-7,9H,5H2,1-4H3. The molecular weight excluding hydrogens is 178 g/mol. The van der Waals surface area contributed by atoms with E-state index in [-0.39, 0.29) is 6.54 Å². The molecule has 1 atom stereocenters. The molecule has 0 amide bonds. The number of hydrogen-bond donors (Lipinski definition) is 1. The highest BCUT2D eigenvalue weighted by Gasteiger charge is 2.22. The van der Waals surface area contributed by atoms with E-state index in [1.54, 1.807) is 20.8 Å². The Balaban J connectivity index is 4.38. The Kier molecular flexibility index (Phi) is 4.16. The number of hydrogen-bond acceptors (Lipinski definition) is 3. The van der Waals surface area contributed by atoms with Crippen molar-refractivity contribution in [2.24, 2.45) is 0 Å². The Morgan fingerprint density at radius 1 is 1.33 bits per heavy atom. The first-order valence-corrected chi connectivity index (χ1v) is 5.42. The van der Waals surface area contributed by atoms with E-state index in [1.165, 1.54) is 11.4 Å². The number of nitrogens with zero attached hydrogens (tertiary/aromatic N) is 1. The van der Waals surface area contributed by atoms with E-state index >= 15 is 0 Å². The van der Waals surface area contributed by atoms with Gasteiger partial charge in [-0.15, -0.1) is 0 Å². The van der Waals surface area contributed by atoms with Gasteiger partial charge in [0.1, 0.15) is 0 Å². The van der Waals surface area contributed by atoms with Gasteiger partial charge in [0.15, 0.2) is 0 Å². The Labute approximate surface area is 74.2 Å². The highest BCUT2D eigenvalue weighted by Crippen LogP contribution is 2.05. The van der Waals surface area contributed by atoms with Crippen LogP contribution in [0.2, 0.25) is 0 Å². The quantitative estimate of drug-likeness (QED) is 0.689. The Morgan fingerprint density at radius 3 is 2.00 bits per heavy atom. The molecule has 12 heavy (non-hydrogen) atoms. The van der Waals surface area contributed by atoms with Crippen LogP contribution >= 0.6 is 0 Å². The minimum Gasteiger partial charge on any atom is -0.392 e. The molecule has 1 N–H and O–H groups in total. The normalized spacial score (nSPS) is 15.6. The van der Waals surface area contributed by atoms with E-state index in [2.05, 4.69) is 0 Å². The van der Waals surface area contributed by atoms with Crippen molar-refractivity contribution in [3.8, 4) is 0 Å². The first-order chi connectivity index (χ1) is 5.28. The van der Waals surface area contributed by atoms with Gasteiger partial charge in [-0.1, -0.05) is 0 Å². The van der Waals surface area contributed by atoms with Crippen LogP contribution in [0.25, 0.3) is 0 Å². The second kappa shape index (κ2) is 4.20. The molecule has 5 heteroatoms. The average Bonchev–Trinajstić information content (AvgIpc) is 1.85. The summed E-state index contributed by atoms with van der Waals surface area (Å²) in [5.41, 5.74) is 0. The molecule has 0 rings (SSSR count). The van der Waals surface area contributed by atoms with Gasteiger partial charge in [-0.2, -0.15) is 0 Å². The average molecular weight is 195 g/mol. The lowest BCUT2D eigenvalue weighted by Crippen LogP contribution is -2.37. The van der Waals surface area contributed by atoms with Crippen molar-refractivity contribution in [1.82, 2.24) is 4.31 Å². The smallest absolute Gasteiger partial charge is 0.216 e. The number of aliphatic hydroxyl groups is 1. The number of aliphatic hydroxyl groups excluding tert-OH is 1. The number of sulfonamides is 1. The molecule has 0 saturated carbocycles. The molecule has 0 saturated heterocycles. The maximum absolute atomic E-state index is 11.4. The summed E-state index contributed by atoms with van der Waals surface area (Å²) in [5, 5.41) is 8.53. The largest absolute Gasteiger partial charge is 0.392 e. The van der Waals surface area contributed by atoms with Crippen LogP contribution in [0, 0.1) is 0 Å². The first-order valence-electron chi connectivity index (χ1n) is 3.91. The van der Waals surface area contributed by atoms with Crippen LogP contribution in [0.1, 0.15) is 20.8 Å². The number of rotatable bonds is 4. The van der Waals surface area contributed by atoms with E-state index in [9.17, 15) is 8.42 Å². The minimum absolute atomic E-state index is 0.153. The summed E-state index contributed by atoms with van der Waals surface area (Å²) in [4.78, 5) is 0. The summed E-state index contributed by atoms with van der Waals surface area (Å²) in [6.45, 7) is 4.95. The van der Waals surface area contributed by atoms with Crippen LogP contribution in [-0.2, 0) is 10.0 Å². The summed E-state index contributed by atoms with van der Waals surface area (Å²) in [7, 11) is -1.72. The van der Waals surface area contributed by atoms with E-state index in [1.807, 2.05) is 0 Å². The molecule has 0 aromatic carbocycles. The zero-order valence-corrected chi connectivity index (χ0v) is 8.80. The van der Waals surface area contributed by atoms with Gasteiger partial charge < -0.3 is 5.11 Å². The summed E-state index contributed by atoms with van der Waals surface area (Å²) in [6, 6.07) is 0. The van der Waals surface area contributed by atoms with Crippen LogP contribution in [0.15, 0.2) is 0 Å². The molecule has 0 spiro atoms. The Hall–Kier alpha value is -0.130. The summed E-state index contributed by atoms with van der Waals surface area (Å²) in [6.07, 6.45) is -0.622. The fourth-order valence-corrected chi connectivity index (χ4v) is 1.98. The minimum atomic E-state index is -3.20. The van der Waals surface area contributed by atoms with E-state index in [4.69, 9.17) is 5.11 Å². The van der Waals surface area contributed by atoms with Crippen LogP contribution in [0.4, 0.5) is 0 Å². The first kappa shape index (κ1) is 11.9. The van der Waals surface area contributed by atoms with Gasteiger partial charge in [0.2, 0.25) is 10.0 Å². The fourth-order valence-electron chi connectivity index (χ4n) is 0.836. The van der Waals surface area contributed by atoms with E-state index in [0.717, 1.165) is 0 Å². The monoisotopic (exact) mass is 195 g/mol. The molecule has 0 aliphatic rings. The molecule has 0 aromatic heterocycles. The van der Waals surface area contributed by atoms with Gasteiger partial charge in [-0.05, 0) is 20.8 Å². The molecule has 0 bridgehead atoms. The maximum atomic E-state index is 11.4. The van der Waals surface area contributed by atoms with Crippen molar-refractivity contribution in [2.45, 2.75) is 32.1 Å². The second-order valence-electron chi connectivity index (χ2n) is 3.22. The van der Waals surface area contributed by atoms with Gasteiger partial charge in [0, 0.05) is 13.6 Å². The second-order valence-corrected chi connectivity index (χ2v) is 5.82. The van der Waals surface area contributed by atoms with Crippen molar-refractivity contribution in [3.63, 3.8) is 0 Å². The molecule has 0 aromatic rings. The lowest BCUT2D eigenvalue weighted by atomic mass is 10.4.